The lowest BCUT2D eigenvalue weighted by atomic mass is 10.1. The Hall–Kier alpha value is -3.27. The standard InChI is InChI=1S/C28H31Cl2N3O5S/c1-4-16-31-28(35)20(2)32(18-21-10-15-25(29)26(30)17-21)27(34)19-33(39(3,36)37)22-11-13-24(14-12-22)38-23-8-6-5-7-9-23/h5-15,17,20H,4,16,18-19H2,1-3H3,(H,31,35)/t20-/m1/s1. The van der Waals surface area contributed by atoms with Gasteiger partial charge >= 0.3 is 0 Å². The highest BCUT2D eigenvalue weighted by Gasteiger charge is 2.30. The third-order valence-electron chi connectivity index (χ3n) is 5.84. The van der Waals surface area contributed by atoms with Crippen molar-refractivity contribution in [1.82, 2.24) is 10.2 Å². The molecule has 3 rings (SSSR count). The van der Waals surface area contributed by atoms with Gasteiger partial charge in [0.15, 0.2) is 0 Å². The number of carbonyl (C=O) groups excluding carboxylic acids is 2. The molecule has 0 heterocycles. The molecule has 0 spiro atoms. The molecule has 0 aliphatic carbocycles. The van der Waals surface area contributed by atoms with Crippen LogP contribution in [0.5, 0.6) is 11.5 Å². The normalized spacial score (nSPS) is 11.9. The van der Waals surface area contributed by atoms with E-state index in [4.69, 9.17) is 27.9 Å². The van der Waals surface area contributed by atoms with Crippen molar-refractivity contribution in [3.63, 3.8) is 0 Å². The van der Waals surface area contributed by atoms with E-state index in [2.05, 4.69) is 5.32 Å². The number of benzene rings is 3. The fourth-order valence-corrected chi connectivity index (χ4v) is 4.90. The Morgan fingerprint density at radius 2 is 1.59 bits per heavy atom. The third-order valence-corrected chi connectivity index (χ3v) is 7.72. The van der Waals surface area contributed by atoms with E-state index >= 15 is 0 Å². The number of nitrogens with one attached hydrogen (secondary N) is 1. The summed E-state index contributed by atoms with van der Waals surface area (Å²) in [5.74, 6) is 0.231. The maximum atomic E-state index is 13.6. The lowest BCUT2D eigenvalue weighted by Gasteiger charge is -2.31. The van der Waals surface area contributed by atoms with Gasteiger partial charge in [0.05, 0.1) is 22.0 Å². The number of ether oxygens (including phenoxy) is 1. The number of sulfonamides is 1. The Morgan fingerprint density at radius 1 is 0.949 bits per heavy atom. The summed E-state index contributed by atoms with van der Waals surface area (Å²) in [6.45, 7) is 3.48. The number of para-hydroxylation sites is 1. The Balaban J connectivity index is 1.86. The molecular formula is C28H31Cl2N3O5S. The Kier molecular flexibility index (Phi) is 10.6. The highest BCUT2D eigenvalue weighted by molar-refractivity contribution is 7.92. The van der Waals surface area contributed by atoms with Gasteiger partial charge in [-0.1, -0.05) is 54.4 Å². The molecule has 3 aromatic carbocycles. The zero-order valence-corrected chi connectivity index (χ0v) is 24.3. The van der Waals surface area contributed by atoms with Gasteiger partial charge in [-0.05, 0) is 67.4 Å². The van der Waals surface area contributed by atoms with Crippen LogP contribution in [0.1, 0.15) is 25.8 Å². The van der Waals surface area contributed by atoms with Crippen molar-refractivity contribution < 1.29 is 22.7 Å². The summed E-state index contributed by atoms with van der Waals surface area (Å²) in [4.78, 5) is 27.7. The first kappa shape index (κ1) is 30.3. The molecule has 0 bridgehead atoms. The van der Waals surface area contributed by atoms with Crippen molar-refractivity contribution in [2.45, 2.75) is 32.9 Å². The summed E-state index contributed by atoms with van der Waals surface area (Å²) < 4.78 is 32.3. The SMILES string of the molecule is CCCNC(=O)[C@@H](C)N(Cc1ccc(Cl)c(Cl)c1)C(=O)CN(c1ccc(Oc2ccccc2)cc1)S(C)(=O)=O. The van der Waals surface area contributed by atoms with Gasteiger partial charge in [-0.15, -0.1) is 0 Å². The molecule has 0 saturated carbocycles. The quantitative estimate of drug-likeness (QED) is 0.300. The van der Waals surface area contributed by atoms with E-state index < -0.39 is 28.5 Å². The second kappa shape index (κ2) is 13.7. The molecule has 0 aromatic heterocycles. The first-order chi connectivity index (χ1) is 18.5. The predicted molar refractivity (Wildman–Crippen MR) is 155 cm³/mol. The number of halogens is 2. The molecule has 0 aliphatic heterocycles. The topological polar surface area (TPSA) is 96.0 Å². The highest BCUT2D eigenvalue weighted by Crippen LogP contribution is 2.27. The second-order valence-electron chi connectivity index (χ2n) is 8.92. The maximum absolute atomic E-state index is 13.6. The fourth-order valence-electron chi connectivity index (χ4n) is 3.73. The summed E-state index contributed by atoms with van der Waals surface area (Å²) in [5, 5.41) is 3.45. The van der Waals surface area contributed by atoms with Crippen LogP contribution in [0.25, 0.3) is 0 Å². The van der Waals surface area contributed by atoms with Crippen LogP contribution in [0.15, 0.2) is 72.8 Å². The maximum Gasteiger partial charge on any atom is 0.244 e. The minimum absolute atomic E-state index is 0.0257. The first-order valence-electron chi connectivity index (χ1n) is 12.3. The van der Waals surface area contributed by atoms with Crippen molar-refractivity contribution in [1.29, 1.82) is 0 Å². The number of amides is 2. The summed E-state index contributed by atoms with van der Waals surface area (Å²) in [6.07, 6.45) is 1.75. The van der Waals surface area contributed by atoms with E-state index in [1.807, 2.05) is 25.1 Å². The zero-order valence-electron chi connectivity index (χ0n) is 21.9. The summed E-state index contributed by atoms with van der Waals surface area (Å²) in [6, 6.07) is 19.6. The minimum Gasteiger partial charge on any atom is -0.457 e. The molecule has 0 unspecified atom stereocenters. The van der Waals surface area contributed by atoms with Gasteiger partial charge in [0.2, 0.25) is 21.8 Å². The molecular weight excluding hydrogens is 561 g/mol. The van der Waals surface area contributed by atoms with Gasteiger partial charge < -0.3 is 15.0 Å². The van der Waals surface area contributed by atoms with Gasteiger partial charge in [-0.2, -0.15) is 0 Å². The van der Waals surface area contributed by atoms with E-state index in [1.54, 1.807) is 61.5 Å². The molecule has 0 fully saturated rings. The van der Waals surface area contributed by atoms with Gasteiger partial charge in [0.25, 0.3) is 0 Å². The molecule has 0 saturated heterocycles. The number of hydrogen-bond donors (Lipinski definition) is 1. The van der Waals surface area contributed by atoms with Crippen LogP contribution in [-0.2, 0) is 26.2 Å². The molecule has 11 heteroatoms. The van der Waals surface area contributed by atoms with Crippen molar-refractivity contribution in [3.8, 4) is 11.5 Å². The molecule has 8 nitrogen and oxygen atoms in total. The number of rotatable bonds is 12. The van der Waals surface area contributed by atoms with E-state index in [0.29, 0.717) is 33.7 Å². The summed E-state index contributed by atoms with van der Waals surface area (Å²) in [7, 11) is -3.86. The van der Waals surface area contributed by atoms with Crippen molar-refractivity contribution in [2.24, 2.45) is 0 Å². The molecule has 0 radical (unpaired) electrons. The van der Waals surface area contributed by atoms with Crippen LogP contribution in [0, 0.1) is 0 Å². The Labute approximate surface area is 239 Å². The lowest BCUT2D eigenvalue weighted by Crippen LogP contribution is -2.51. The van der Waals surface area contributed by atoms with E-state index in [-0.39, 0.29) is 18.1 Å². The van der Waals surface area contributed by atoms with Crippen molar-refractivity contribution >= 4 is 50.7 Å². The monoisotopic (exact) mass is 591 g/mol. The van der Waals surface area contributed by atoms with Crippen LogP contribution in [0.4, 0.5) is 5.69 Å². The van der Waals surface area contributed by atoms with E-state index in [0.717, 1.165) is 17.0 Å². The molecule has 1 N–H and O–H groups in total. The van der Waals surface area contributed by atoms with Gasteiger partial charge in [-0.3, -0.25) is 13.9 Å². The fraction of sp³-hybridized carbons (Fsp3) is 0.286. The van der Waals surface area contributed by atoms with E-state index in [1.165, 1.54) is 4.90 Å². The highest BCUT2D eigenvalue weighted by atomic mass is 35.5. The Bertz CT molecular complexity index is 1390. The van der Waals surface area contributed by atoms with E-state index in [9.17, 15) is 18.0 Å². The second-order valence-corrected chi connectivity index (χ2v) is 11.6. The van der Waals surface area contributed by atoms with Crippen molar-refractivity contribution in [3.05, 3.63) is 88.4 Å². The van der Waals surface area contributed by atoms with Crippen LogP contribution in [-0.4, -0.2) is 50.5 Å². The largest absolute Gasteiger partial charge is 0.457 e. The molecule has 208 valence electrons. The van der Waals surface area contributed by atoms with Gasteiger partial charge in [0, 0.05) is 13.1 Å². The molecule has 3 aromatic rings. The minimum atomic E-state index is -3.86. The average molecular weight is 593 g/mol. The molecule has 0 aliphatic rings. The Morgan fingerprint density at radius 3 is 2.18 bits per heavy atom. The number of anilines is 1. The summed E-state index contributed by atoms with van der Waals surface area (Å²) >= 11 is 12.2. The van der Waals surface area contributed by atoms with Crippen LogP contribution < -0.4 is 14.4 Å². The smallest absolute Gasteiger partial charge is 0.244 e. The number of hydrogen-bond acceptors (Lipinski definition) is 5. The predicted octanol–water partition coefficient (Wildman–Crippen LogP) is 5.50. The summed E-state index contributed by atoms with van der Waals surface area (Å²) in [5.41, 5.74) is 0.921. The number of nitrogens with zero attached hydrogens (tertiary/aromatic N) is 2. The van der Waals surface area contributed by atoms with Gasteiger partial charge in [0.1, 0.15) is 24.1 Å². The van der Waals surface area contributed by atoms with Gasteiger partial charge in [-0.25, -0.2) is 8.42 Å². The van der Waals surface area contributed by atoms with Crippen LogP contribution >= 0.6 is 23.2 Å². The third kappa shape index (κ3) is 8.61. The number of carbonyl (C=O) groups is 2. The molecule has 1 atom stereocenters. The first-order valence-corrected chi connectivity index (χ1v) is 14.9. The van der Waals surface area contributed by atoms with Crippen LogP contribution in [0.3, 0.4) is 0 Å². The molecule has 2 amide bonds. The molecule has 39 heavy (non-hydrogen) atoms. The van der Waals surface area contributed by atoms with Crippen LogP contribution in [0.2, 0.25) is 10.0 Å². The average Bonchev–Trinajstić information content (AvgIpc) is 2.91. The zero-order chi connectivity index (χ0) is 28.6. The lowest BCUT2D eigenvalue weighted by molar-refractivity contribution is -0.139. The van der Waals surface area contributed by atoms with Crippen molar-refractivity contribution in [2.75, 3.05) is 23.7 Å².